The molecule has 2 rings (SSSR count). The van der Waals surface area contributed by atoms with Crippen molar-refractivity contribution >= 4 is 9.84 Å². The molecule has 0 spiro atoms. The van der Waals surface area contributed by atoms with Crippen LogP contribution in [0.2, 0.25) is 0 Å². The first-order valence-corrected chi connectivity index (χ1v) is 8.68. The third-order valence-electron chi connectivity index (χ3n) is 4.05. The van der Waals surface area contributed by atoms with Crippen molar-refractivity contribution in [3.63, 3.8) is 0 Å². The topological polar surface area (TPSA) is 46.2 Å². The van der Waals surface area contributed by atoms with Crippen LogP contribution in [0, 0.1) is 19.8 Å². The fourth-order valence-corrected chi connectivity index (χ4v) is 4.81. The number of benzene rings is 1. The molecule has 1 aliphatic rings. The molecule has 1 fully saturated rings. The van der Waals surface area contributed by atoms with E-state index in [1.165, 1.54) is 16.7 Å². The van der Waals surface area contributed by atoms with Gasteiger partial charge in [-0.25, -0.2) is 8.42 Å². The molecule has 1 saturated heterocycles. The first-order chi connectivity index (χ1) is 8.91. The van der Waals surface area contributed by atoms with Gasteiger partial charge < -0.3 is 5.32 Å². The molecule has 0 saturated carbocycles. The summed E-state index contributed by atoms with van der Waals surface area (Å²) < 4.78 is 23.1. The Balaban J connectivity index is 2.14. The van der Waals surface area contributed by atoms with Crippen molar-refractivity contribution in [1.82, 2.24) is 5.32 Å². The smallest absolute Gasteiger partial charge is 0.150 e. The molecule has 19 heavy (non-hydrogen) atoms. The lowest BCUT2D eigenvalue weighted by Crippen LogP contribution is -2.21. The van der Waals surface area contributed by atoms with Gasteiger partial charge in [-0.05, 0) is 50.8 Å². The second-order valence-corrected chi connectivity index (χ2v) is 7.93. The van der Waals surface area contributed by atoms with E-state index in [0.29, 0.717) is 17.4 Å². The number of aryl methyl sites for hydroxylation is 2. The maximum absolute atomic E-state index is 11.5. The van der Waals surface area contributed by atoms with E-state index in [0.717, 1.165) is 12.8 Å². The maximum Gasteiger partial charge on any atom is 0.150 e. The molecule has 1 aliphatic heterocycles. The van der Waals surface area contributed by atoms with Crippen molar-refractivity contribution in [2.24, 2.45) is 5.92 Å². The van der Waals surface area contributed by atoms with Crippen LogP contribution >= 0.6 is 0 Å². The Morgan fingerprint density at radius 2 is 2.11 bits per heavy atom. The molecule has 1 aromatic carbocycles. The second kappa shape index (κ2) is 5.63. The van der Waals surface area contributed by atoms with Crippen LogP contribution in [0.25, 0.3) is 0 Å². The molecule has 1 aromatic rings. The van der Waals surface area contributed by atoms with Crippen molar-refractivity contribution < 1.29 is 8.42 Å². The van der Waals surface area contributed by atoms with E-state index in [-0.39, 0.29) is 6.04 Å². The number of nitrogens with one attached hydrogen (secondary N) is 1. The molecule has 2 atom stereocenters. The van der Waals surface area contributed by atoms with Crippen LogP contribution in [0.3, 0.4) is 0 Å². The quantitative estimate of drug-likeness (QED) is 0.921. The minimum atomic E-state index is -2.78. The zero-order chi connectivity index (χ0) is 14.0. The standard InChI is InChI=1S/C15H23NO2S/c1-11-4-5-12(2)14(8-11)15(16-3)9-13-6-7-19(17,18)10-13/h4-5,8,13,15-16H,6-7,9-10H2,1-3H3. The Morgan fingerprint density at radius 1 is 1.37 bits per heavy atom. The fraction of sp³-hybridized carbons (Fsp3) is 0.600. The van der Waals surface area contributed by atoms with Gasteiger partial charge in [0.25, 0.3) is 0 Å². The maximum atomic E-state index is 11.5. The summed E-state index contributed by atoms with van der Waals surface area (Å²) in [6.45, 7) is 4.21. The molecule has 1 N–H and O–H groups in total. The molecule has 0 amide bonds. The van der Waals surface area contributed by atoms with Crippen molar-refractivity contribution in [2.75, 3.05) is 18.6 Å². The Labute approximate surface area is 116 Å². The summed E-state index contributed by atoms with van der Waals surface area (Å²) in [7, 11) is -0.823. The predicted molar refractivity (Wildman–Crippen MR) is 79.1 cm³/mol. The van der Waals surface area contributed by atoms with Crippen LogP contribution in [0.5, 0.6) is 0 Å². The summed E-state index contributed by atoms with van der Waals surface area (Å²) in [5.74, 6) is 1.01. The van der Waals surface area contributed by atoms with Gasteiger partial charge in [0.1, 0.15) is 0 Å². The summed E-state index contributed by atoms with van der Waals surface area (Å²) in [4.78, 5) is 0. The summed E-state index contributed by atoms with van der Waals surface area (Å²) in [5, 5.41) is 3.35. The molecule has 1 heterocycles. The van der Waals surface area contributed by atoms with Crippen LogP contribution < -0.4 is 5.32 Å². The van der Waals surface area contributed by atoms with Crippen LogP contribution in [0.15, 0.2) is 18.2 Å². The first kappa shape index (κ1) is 14.5. The fourth-order valence-electron chi connectivity index (χ4n) is 2.93. The van der Waals surface area contributed by atoms with E-state index >= 15 is 0 Å². The lowest BCUT2D eigenvalue weighted by molar-refractivity contribution is 0.436. The molecule has 0 aromatic heterocycles. The van der Waals surface area contributed by atoms with Gasteiger partial charge >= 0.3 is 0 Å². The Morgan fingerprint density at radius 3 is 2.68 bits per heavy atom. The number of sulfone groups is 1. The van der Waals surface area contributed by atoms with Gasteiger partial charge in [0, 0.05) is 6.04 Å². The van der Waals surface area contributed by atoms with E-state index in [1.54, 1.807) is 0 Å². The SMILES string of the molecule is CNC(CC1CCS(=O)(=O)C1)c1cc(C)ccc1C. The first-order valence-electron chi connectivity index (χ1n) is 6.86. The van der Waals surface area contributed by atoms with Gasteiger partial charge in [-0.2, -0.15) is 0 Å². The van der Waals surface area contributed by atoms with E-state index < -0.39 is 9.84 Å². The Bertz CT molecular complexity index is 551. The van der Waals surface area contributed by atoms with Gasteiger partial charge in [-0.3, -0.25) is 0 Å². The van der Waals surface area contributed by atoms with Crippen molar-refractivity contribution in [2.45, 2.75) is 32.7 Å². The zero-order valence-electron chi connectivity index (χ0n) is 11.9. The van der Waals surface area contributed by atoms with Crippen LogP contribution in [-0.2, 0) is 9.84 Å². The molecule has 106 valence electrons. The molecule has 0 radical (unpaired) electrons. The second-order valence-electron chi connectivity index (χ2n) is 5.71. The minimum Gasteiger partial charge on any atom is -0.313 e. The Hall–Kier alpha value is -0.870. The van der Waals surface area contributed by atoms with Gasteiger partial charge in [-0.1, -0.05) is 23.8 Å². The van der Waals surface area contributed by atoms with Gasteiger partial charge in [0.15, 0.2) is 9.84 Å². The Kier molecular flexibility index (Phi) is 4.31. The highest BCUT2D eigenvalue weighted by atomic mass is 32.2. The number of rotatable bonds is 4. The minimum absolute atomic E-state index is 0.248. The summed E-state index contributed by atoms with van der Waals surface area (Å²) >= 11 is 0. The average Bonchev–Trinajstić information content (AvgIpc) is 2.69. The highest BCUT2D eigenvalue weighted by Gasteiger charge is 2.30. The summed E-state index contributed by atoms with van der Waals surface area (Å²) in [6, 6.07) is 6.71. The highest BCUT2D eigenvalue weighted by Crippen LogP contribution is 2.30. The zero-order valence-corrected chi connectivity index (χ0v) is 12.8. The van der Waals surface area contributed by atoms with Crippen LogP contribution in [0.1, 0.15) is 35.6 Å². The van der Waals surface area contributed by atoms with Gasteiger partial charge in [0.2, 0.25) is 0 Å². The monoisotopic (exact) mass is 281 g/mol. The molecule has 0 aliphatic carbocycles. The average molecular weight is 281 g/mol. The highest BCUT2D eigenvalue weighted by molar-refractivity contribution is 7.91. The number of hydrogen-bond donors (Lipinski definition) is 1. The van der Waals surface area contributed by atoms with Crippen molar-refractivity contribution in [1.29, 1.82) is 0 Å². The lowest BCUT2D eigenvalue weighted by atomic mass is 9.91. The molecule has 4 heteroatoms. The summed E-state index contributed by atoms with van der Waals surface area (Å²) in [5.41, 5.74) is 3.82. The van der Waals surface area contributed by atoms with Crippen LogP contribution in [0.4, 0.5) is 0 Å². The largest absolute Gasteiger partial charge is 0.313 e. The summed E-state index contributed by atoms with van der Waals surface area (Å²) in [6.07, 6.45) is 1.71. The molecular weight excluding hydrogens is 258 g/mol. The van der Waals surface area contributed by atoms with E-state index in [4.69, 9.17) is 0 Å². The van der Waals surface area contributed by atoms with Crippen LogP contribution in [-0.4, -0.2) is 27.0 Å². The molecule has 2 unspecified atom stereocenters. The van der Waals surface area contributed by atoms with Crippen molar-refractivity contribution in [3.05, 3.63) is 34.9 Å². The normalized spacial score (nSPS) is 23.4. The molecular formula is C15H23NO2S. The third kappa shape index (κ3) is 3.57. The van der Waals surface area contributed by atoms with Crippen molar-refractivity contribution in [3.8, 4) is 0 Å². The van der Waals surface area contributed by atoms with Gasteiger partial charge in [-0.15, -0.1) is 0 Å². The van der Waals surface area contributed by atoms with E-state index in [2.05, 4.69) is 37.4 Å². The van der Waals surface area contributed by atoms with E-state index in [1.807, 2.05) is 7.05 Å². The number of hydrogen-bond acceptors (Lipinski definition) is 3. The predicted octanol–water partition coefficient (Wildman–Crippen LogP) is 2.39. The lowest BCUT2D eigenvalue weighted by Gasteiger charge is -2.22. The van der Waals surface area contributed by atoms with Gasteiger partial charge in [0.05, 0.1) is 11.5 Å². The molecule has 0 bridgehead atoms. The third-order valence-corrected chi connectivity index (χ3v) is 5.89. The molecule has 3 nitrogen and oxygen atoms in total. The van der Waals surface area contributed by atoms with E-state index in [9.17, 15) is 8.42 Å².